The van der Waals surface area contributed by atoms with Crippen LogP contribution in [-0.4, -0.2) is 22.7 Å². The third kappa shape index (κ3) is 3.26. The van der Waals surface area contributed by atoms with E-state index in [9.17, 15) is 4.79 Å². The fourth-order valence-electron chi connectivity index (χ4n) is 2.63. The maximum Gasteiger partial charge on any atom is 0.274 e. The molecule has 2 rings (SSSR count). The van der Waals surface area contributed by atoms with Crippen molar-refractivity contribution in [1.29, 1.82) is 0 Å². The number of rotatable bonds is 7. The highest BCUT2D eigenvalue weighted by Gasteiger charge is 2.14. The summed E-state index contributed by atoms with van der Waals surface area (Å²) in [6.45, 7) is 8.05. The molecule has 0 N–H and O–H groups in total. The third-order valence-corrected chi connectivity index (χ3v) is 3.75. The summed E-state index contributed by atoms with van der Waals surface area (Å²) in [6.07, 6.45) is 5.74. The van der Waals surface area contributed by atoms with Crippen LogP contribution in [0.15, 0.2) is 29.2 Å². The van der Waals surface area contributed by atoms with E-state index >= 15 is 0 Å². The van der Waals surface area contributed by atoms with Gasteiger partial charge in [0.2, 0.25) is 0 Å². The zero-order valence-electron chi connectivity index (χ0n) is 13.3. The first-order valence-electron chi connectivity index (χ1n) is 7.97. The quantitative estimate of drug-likeness (QED) is 0.785. The van der Waals surface area contributed by atoms with Gasteiger partial charge in [-0.15, -0.1) is 0 Å². The van der Waals surface area contributed by atoms with Crippen molar-refractivity contribution < 1.29 is 0 Å². The Labute approximate surface area is 126 Å². The molecule has 114 valence electrons. The van der Waals surface area contributed by atoms with Crippen LogP contribution in [0.25, 0.3) is 11.0 Å². The van der Waals surface area contributed by atoms with Crippen LogP contribution in [0.4, 0.5) is 0 Å². The molecule has 0 fully saturated rings. The molecule has 2 aromatic heterocycles. The van der Waals surface area contributed by atoms with Crippen molar-refractivity contribution >= 4 is 11.0 Å². The van der Waals surface area contributed by atoms with Gasteiger partial charge in [0.1, 0.15) is 0 Å². The molecule has 0 bridgehead atoms. The van der Waals surface area contributed by atoms with Crippen molar-refractivity contribution in [3.05, 3.63) is 40.3 Å². The summed E-state index contributed by atoms with van der Waals surface area (Å²) in [5, 5.41) is 3.15. The van der Waals surface area contributed by atoms with E-state index < -0.39 is 0 Å². The van der Waals surface area contributed by atoms with E-state index in [-0.39, 0.29) is 5.56 Å². The summed E-state index contributed by atoms with van der Waals surface area (Å²) in [6, 6.07) is 5.96. The average molecular weight is 287 g/mol. The summed E-state index contributed by atoms with van der Waals surface area (Å²) in [4.78, 5) is 17.3. The molecule has 0 aliphatic carbocycles. The van der Waals surface area contributed by atoms with Crippen LogP contribution in [-0.2, 0) is 6.42 Å². The van der Waals surface area contributed by atoms with Crippen LogP contribution in [0.3, 0.4) is 0 Å². The molecule has 2 aromatic rings. The lowest BCUT2D eigenvalue weighted by Gasteiger charge is -2.26. The van der Waals surface area contributed by atoms with Gasteiger partial charge in [-0.3, -0.25) is 4.79 Å². The van der Waals surface area contributed by atoms with Crippen molar-refractivity contribution in [1.82, 2.24) is 9.66 Å². The Morgan fingerprint density at radius 1 is 1.24 bits per heavy atom. The van der Waals surface area contributed by atoms with E-state index in [0.29, 0.717) is 0 Å². The zero-order valence-corrected chi connectivity index (χ0v) is 13.3. The SMILES string of the molecule is CCCCN(CC)n1c(=O)c(CCC)cc2cccnc21. The molecule has 0 saturated heterocycles. The van der Waals surface area contributed by atoms with Gasteiger partial charge < -0.3 is 5.01 Å². The lowest BCUT2D eigenvalue weighted by atomic mass is 10.1. The van der Waals surface area contributed by atoms with Crippen molar-refractivity contribution in [2.75, 3.05) is 18.1 Å². The van der Waals surface area contributed by atoms with Crippen molar-refractivity contribution in [3.63, 3.8) is 0 Å². The minimum atomic E-state index is 0.0843. The molecule has 2 heterocycles. The van der Waals surface area contributed by atoms with Gasteiger partial charge in [0, 0.05) is 30.2 Å². The van der Waals surface area contributed by atoms with E-state index in [2.05, 4.69) is 30.8 Å². The van der Waals surface area contributed by atoms with E-state index in [1.807, 2.05) is 18.2 Å². The molecular formula is C17H25N3O. The van der Waals surface area contributed by atoms with Crippen LogP contribution in [0.5, 0.6) is 0 Å². The predicted molar refractivity (Wildman–Crippen MR) is 88.5 cm³/mol. The normalized spacial score (nSPS) is 11.0. The molecule has 0 atom stereocenters. The molecule has 0 aliphatic heterocycles. The Balaban J connectivity index is 2.62. The monoisotopic (exact) mass is 287 g/mol. The Morgan fingerprint density at radius 2 is 2.05 bits per heavy atom. The Bertz CT molecular complexity index is 648. The van der Waals surface area contributed by atoms with Gasteiger partial charge in [-0.05, 0) is 38.0 Å². The van der Waals surface area contributed by atoms with Crippen molar-refractivity contribution in [2.24, 2.45) is 0 Å². The largest absolute Gasteiger partial charge is 0.308 e. The summed E-state index contributed by atoms with van der Waals surface area (Å²) in [5.41, 5.74) is 1.73. The number of nitrogens with zero attached hydrogens (tertiary/aromatic N) is 3. The van der Waals surface area contributed by atoms with Crippen LogP contribution in [0.1, 0.15) is 45.6 Å². The summed E-state index contributed by atoms with van der Waals surface area (Å²) < 4.78 is 1.79. The van der Waals surface area contributed by atoms with Crippen LogP contribution >= 0.6 is 0 Å². The number of pyridine rings is 2. The predicted octanol–water partition coefficient (Wildman–Crippen LogP) is 3.11. The fourth-order valence-corrected chi connectivity index (χ4v) is 2.63. The zero-order chi connectivity index (χ0) is 15.2. The number of fused-ring (bicyclic) bond motifs is 1. The standard InChI is InChI=1S/C17H25N3O/c1-4-7-12-19(6-3)20-16-14(10-8-11-18-16)13-15(9-5-2)17(20)21/h8,10-11,13H,4-7,9,12H2,1-3H3. The maximum absolute atomic E-state index is 12.8. The Kier molecular flexibility index (Phi) is 5.37. The number of hydrogen-bond acceptors (Lipinski definition) is 3. The van der Waals surface area contributed by atoms with Gasteiger partial charge in [0.25, 0.3) is 5.56 Å². The second-order valence-electron chi connectivity index (χ2n) is 5.35. The molecule has 0 spiro atoms. The van der Waals surface area contributed by atoms with E-state index in [1.165, 1.54) is 0 Å². The van der Waals surface area contributed by atoms with E-state index in [0.717, 1.165) is 55.4 Å². The fraction of sp³-hybridized carbons (Fsp3) is 0.529. The highest BCUT2D eigenvalue weighted by atomic mass is 16.1. The molecule has 0 aliphatic rings. The Morgan fingerprint density at radius 3 is 2.71 bits per heavy atom. The number of unbranched alkanes of at least 4 members (excludes halogenated alkanes) is 1. The summed E-state index contributed by atoms with van der Waals surface area (Å²) in [5.74, 6) is 0. The van der Waals surface area contributed by atoms with Crippen LogP contribution in [0.2, 0.25) is 0 Å². The van der Waals surface area contributed by atoms with Gasteiger partial charge in [0.15, 0.2) is 5.65 Å². The van der Waals surface area contributed by atoms with Crippen molar-refractivity contribution in [2.45, 2.75) is 46.5 Å². The molecule has 0 amide bonds. The van der Waals surface area contributed by atoms with Crippen molar-refractivity contribution in [3.8, 4) is 0 Å². The van der Waals surface area contributed by atoms with E-state index in [1.54, 1.807) is 10.9 Å². The van der Waals surface area contributed by atoms with Gasteiger partial charge in [-0.2, -0.15) is 0 Å². The van der Waals surface area contributed by atoms with Gasteiger partial charge >= 0.3 is 0 Å². The molecular weight excluding hydrogens is 262 g/mol. The lowest BCUT2D eigenvalue weighted by molar-refractivity contribution is 0.568. The molecule has 0 unspecified atom stereocenters. The summed E-state index contributed by atoms with van der Waals surface area (Å²) >= 11 is 0. The minimum absolute atomic E-state index is 0.0843. The first kappa shape index (κ1) is 15.5. The topological polar surface area (TPSA) is 38.1 Å². The minimum Gasteiger partial charge on any atom is -0.308 e. The number of aromatic nitrogens is 2. The lowest BCUT2D eigenvalue weighted by Crippen LogP contribution is -2.44. The highest BCUT2D eigenvalue weighted by molar-refractivity contribution is 5.75. The second kappa shape index (κ2) is 7.25. The first-order chi connectivity index (χ1) is 10.2. The number of aryl methyl sites for hydroxylation is 1. The molecule has 0 radical (unpaired) electrons. The smallest absolute Gasteiger partial charge is 0.274 e. The Hall–Kier alpha value is -1.84. The van der Waals surface area contributed by atoms with Gasteiger partial charge in [-0.1, -0.05) is 26.7 Å². The molecule has 4 heteroatoms. The average Bonchev–Trinajstić information content (AvgIpc) is 2.51. The maximum atomic E-state index is 12.8. The van der Waals surface area contributed by atoms with E-state index in [4.69, 9.17) is 0 Å². The van der Waals surface area contributed by atoms with Crippen LogP contribution < -0.4 is 10.6 Å². The highest BCUT2D eigenvalue weighted by Crippen LogP contribution is 2.12. The second-order valence-corrected chi connectivity index (χ2v) is 5.35. The van der Waals surface area contributed by atoms with Gasteiger partial charge in [0.05, 0.1) is 0 Å². The summed E-state index contributed by atoms with van der Waals surface area (Å²) in [7, 11) is 0. The molecule has 4 nitrogen and oxygen atoms in total. The molecule has 21 heavy (non-hydrogen) atoms. The molecule has 0 aromatic carbocycles. The van der Waals surface area contributed by atoms with Crippen LogP contribution in [0, 0.1) is 0 Å². The van der Waals surface area contributed by atoms with Gasteiger partial charge in [-0.25, -0.2) is 9.66 Å². The third-order valence-electron chi connectivity index (χ3n) is 3.75. The molecule has 0 saturated carbocycles. The number of hydrogen-bond donors (Lipinski definition) is 0. The first-order valence-corrected chi connectivity index (χ1v) is 7.97.